The summed E-state index contributed by atoms with van der Waals surface area (Å²) in [4.78, 5) is 13.1. The molecule has 1 fully saturated rings. The minimum absolute atomic E-state index is 0.0931. The molecular formula is C21H25NO5S. The van der Waals surface area contributed by atoms with E-state index in [1.54, 1.807) is 56.3 Å². The van der Waals surface area contributed by atoms with Gasteiger partial charge in [-0.3, -0.25) is 4.79 Å². The average Bonchev–Trinajstić information content (AvgIpc) is 2.80. The fourth-order valence-corrected chi connectivity index (χ4v) is 4.39. The van der Waals surface area contributed by atoms with Crippen molar-refractivity contribution in [2.45, 2.75) is 50.5 Å². The van der Waals surface area contributed by atoms with E-state index in [1.165, 1.54) is 19.1 Å². The van der Waals surface area contributed by atoms with Crippen molar-refractivity contribution in [2.75, 3.05) is 0 Å². The Labute approximate surface area is 165 Å². The molecule has 0 bridgehead atoms. The lowest BCUT2D eigenvalue weighted by atomic mass is 9.79. The van der Waals surface area contributed by atoms with Gasteiger partial charge in [0, 0.05) is 0 Å². The predicted molar refractivity (Wildman–Crippen MR) is 105 cm³/mol. The Hall–Kier alpha value is -2.06. The van der Waals surface area contributed by atoms with Crippen molar-refractivity contribution < 1.29 is 23.1 Å². The van der Waals surface area contributed by atoms with Gasteiger partial charge in [-0.15, -0.1) is 0 Å². The molecule has 1 saturated heterocycles. The number of rotatable bonds is 5. The van der Waals surface area contributed by atoms with Crippen LogP contribution in [0.3, 0.4) is 0 Å². The molecule has 0 radical (unpaired) electrons. The number of hydrogen-bond donors (Lipinski definition) is 2. The fraction of sp³-hybridized carbons (Fsp3) is 0.381. The van der Waals surface area contributed by atoms with Crippen LogP contribution in [0.2, 0.25) is 0 Å². The third-order valence-corrected chi connectivity index (χ3v) is 6.92. The monoisotopic (exact) mass is 403 g/mol. The van der Waals surface area contributed by atoms with Gasteiger partial charge in [-0.1, -0.05) is 48.0 Å². The Bertz CT molecular complexity index is 966. The molecule has 2 N–H and O–H groups in total. The quantitative estimate of drug-likeness (QED) is 0.801. The molecule has 7 heteroatoms. The average molecular weight is 404 g/mol. The first kappa shape index (κ1) is 20.7. The zero-order chi connectivity index (χ0) is 20.7. The van der Waals surface area contributed by atoms with E-state index in [-0.39, 0.29) is 10.7 Å². The molecule has 1 unspecified atom stereocenters. The zero-order valence-electron chi connectivity index (χ0n) is 16.3. The van der Waals surface area contributed by atoms with Crippen LogP contribution in [-0.2, 0) is 19.6 Å². The van der Waals surface area contributed by atoms with Gasteiger partial charge in [-0.25, -0.2) is 13.1 Å². The van der Waals surface area contributed by atoms with Crippen molar-refractivity contribution in [3.05, 3.63) is 65.7 Å². The molecule has 0 saturated carbocycles. The molecule has 3 atom stereocenters. The van der Waals surface area contributed by atoms with Gasteiger partial charge in [0.05, 0.1) is 16.4 Å². The molecule has 6 nitrogen and oxygen atoms in total. The van der Waals surface area contributed by atoms with Crippen LogP contribution in [0.15, 0.2) is 59.5 Å². The number of sulfonamides is 1. The molecule has 0 spiro atoms. The topological polar surface area (TPSA) is 92.7 Å². The van der Waals surface area contributed by atoms with Gasteiger partial charge in [-0.2, -0.15) is 0 Å². The van der Waals surface area contributed by atoms with Crippen LogP contribution in [0.25, 0.3) is 0 Å². The Morgan fingerprint density at radius 2 is 1.61 bits per heavy atom. The number of ketones is 1. The van der Waals surface area contributed by atoms with E-state index in [0.717, 1.165) is 5.56 Å². The summed E-state index contributed by atoms with van der Waals surface area (Å²) in [6.07, 6.45) is -1.16. The van der Waals surface area contributed by atoms with E-state index in [4.69, 9.17) is 4.74 Å². The standard InChI is InChI=1S/C21H25NO5S/c1-14-10-12-16(13-11-14)28(25,26)22-17(15-8-6-5-7-9-15)18-19(23)20(2,3)21(4,24)27-18/h5-13,17-18,22,24H,1-4H3/t17?,18-,21-/m0/s1. The van der Waals surface area contributed by atoms with Gasteiger partial charge in [0.25, 0.3) is 0 Å². The number of benzene rings is 2. The third kappa shape index (κ3) is 3.63. The third-order valence-electron chi connectivity index (χ3n) is 5.47. The SMILES string of the molecule is Cc1ccc(S(=O)(=O)NC(c2ccccc2)[C@@H]2O[C@](C)(O)C(C)(C)C2=O)cc1. The molecule has 0 aliphatic carbocycles. The van der Waals surface area contributed by atoms with Crippen molar-refractivity contribution >= 4 is 15.8 Å². The highest BCUT2D eigenvalue weighted by Gasteiger charge is 2.59. The number of carbonyl (C=O) groups is 1. The summed E-state index contributed by atoms with van der Waals surface area (Å²) in [6, 6.07) is 14.2. The number of Topliss-reactive ketones (excluding diaryl/α,β-unsaturated/α-hetero) is 1. The zero-order valence-corrected chi connectivity index (χ0v) is 17.2. The number of hydrogen-bond acceptors (Lipinski definition) is 5. The van der Waals surface area contributed by atoms with Crippen molar-refractivity contribution in [2.24, 2.45) is 5.41 Å². The Morgan fingerprint density at radius 3 is 2.11 bits per heavy atom. The van der Waals surface area contributed by atoms with Gasteiger partial charge in [0.2, 0.25) is 10.0 Å². The van der Waals surface area contributed by atoms with E-state index < -0.39 is 33.4 Å². The highest BCUT2D eigenvalue weighted by molar-refractivity contribution is 7.89. The Balaban J connectivity index is 2.02. The second kappa shape index (κ2) is 7.08. The van der Waals surface area contributed by atoms with Crippen molar-refractivity contribution in [3.63, 3.8) is 0 Å². The minimum atomic E-state index is -3.92. The van der Waals surface area contributed by atoms with E-state index >= 15 is 0 Å². The molecule has 1 aliphatic heterocycles. The molecule has 28 heavy (non-hydrogen) atoms. The molecule has 3 rings (SSSR count). The van der Waals surface area contributed by atoms with Gasteiger partial charge >= 0.3 is 0 Å². The van der Waals surface area contributed by atoms with Crippen LogP contribution >= 0.6 is 0 Å². The number of aryl methyl sites for hydroxylation is 1. The van der Waals surface area contributed by atoms with Crippen molar-refractivity contribution in [1.29, 1.82) is 0 Å². The van der Waals surface area contributed by atoms with Gasteiger partial charge < -0.3 is 9.84 Å². The lowest BCUT2D eigenvalue weighted by Gasteiger charge is -2.29. The van der Waals surface area contributed by atoms with Crippen LogP contribution in [0, 0.1) is 12.3 Å². The summed E-state index contributed by atoms with van der Waals surface area (Å²) in [7, 11) is -3.92. The summed E-state index contributed by atoms with van der Waals surface area (Å²) >= 11 is 0. The maximum atomic E-state index is 13.0. The van der Waals surface area contributed by atoms with Gasteiger partial charge in [0.1, 0.15) is 6.10 Å². The summed E-state index contributed by atoms with van der Waals surface area (Å²) in [5, 5.41) is 10.6. The lowest BCUT2D eigenvalue weighted by Crippen LogP contribution is -2.42. The van der Waals surface area contributed by atoms with E-state index in [9.17, 15) is 18.3 Å². The maximum Gasteiger partial charge on any atom is 0.241 e. The summed E-state index contributed by atoms with van der Waals surface area (Å²) in [5.41, 5.74) is 0.329. The molecule has 0 aromatic heterocycles. The van der Waals surface area contributed by atoms with Gasteiger partial charge in [-0.05, 0) is 45.4 Å². The molecule has 2 aromatic carbocycles. The normalized spacial score (nSPS) is 25.6. The molecule has 150 valence electrons. The van der Waals surface area contributed by atoms with Crippen molar-refractivity contribution in [1.82, 2.24) is 4.72 Å². The smallest absolute Gasteiger partial charge is 0.241 e. The molecule has 2 aromatic rings. The largest absolute Gasteiger partial charge is 0.365 e. The first-order valence-corrected chi connectivity index (χ1v) is 10.5. The van der Waals surface area contributed by atoms with Crippen LogP contribution in [0.1, 0.15) is 37.9 Å². The molecule has 1 aliphatic rings. The molecule has 0 amide bonds. The number of aliphatic hydroxyl groups is 1. The Morgan fingerprint density at radius 1 is 1.04 bits per heavy atom. The molecular weight excluding hydrogens is 378 g/mol. The first-order valence-electron chi connectivity index (χ1n) is 9.04. The number of carbonyl (C=O) groups excluding carboxylic acids is 1. The number of nitrogens with one attached hydrogen (secondary N) is 1. The predicted octanol–water partition coefficient (Wildman–Crippen LogP) is 2.72. The van der Waals surface area contributed by atoms with Crippen LogP contribution < -0.4 is 4.72 Å². The first-order chi connectivity index (χ1) is 13.0. The fourth-order valence-electron chi connectivity index (χ4n) is 3.17. The van der Waals surface area contributed by atoms with E-state index in [0.29, 0.717) is 5.56 Å². The van der Waals surface area contributed by atoms with Crippen LogP contribution in [-0.4, -0.2) is 31.2 Å². The maximum absolute atomic E-state index is 13.0. The van der Waals surface area contributed by atoms with Crippen molar-refractivity contribution in [3.8, 4) is 0 Å². The van der Waals surface area contributed by atoms with Crippen LogP contribution in [0.4, 0.5) is 0 Å². The lowest BCUT2D eigenvalue weighted by molar-refractivity contribution is -0.221. The summed E-state index contributed by atoms with van der Waals surface area (Å²) < 4.78 is 34.2. The number of ether oxygens (including phenoxy) is 1. The second-order valence-electron chi connectivity index (χ2n) is 7.83. The van der Waals surface area contributed by atoms with E-state index in [1.807, 2.05) is 6.92 Å². The summed E-state index contributed by atoms with van der Waals surface area (Å²) in [5.74, 6) is -2.07. The summed E-state index contributed by atoms with van der Waals surface area (Å²) in [6.45, 7) is 6.46. The Kier molecular flexibility index (Phi) is 5.22. The van der Waals surface area contributed by atoms with Crippen LogP contribution in [0.5, 0.6) is 0 Å². The highest BCUT2D eigenvalue weighted by atomic mass is 32.2. The molecule has 1 heterocycles. The minimum Gasteiger partial charge on any atom is -0.365 e. The highest BCUT2D eigenvalue weighted by Crippen LogP contribution is 2.45. The second-order valence-corrected chi connectivity index (χ2v) is 9.55. The van der Waals surface area contributed by atoms with E-state index in [2.05, 4.69) is 4.72 Å². The van der Waals surface area contributed by atoms with Gasteiger partial charge in [0.15, 0.2) is 11.6 Å².